The topological polar surface area (TPSA) is 110 Å². The Morgan fingerprint density at radius 1 is 1.24 bits per heavy atom. The van der Waals surface area contributed by atoms with E-state index in [0.29, 0.717) is 17.8 Å². The molecule has 0 aliphatic carbocycles. The highest BCUT2D eigenvalue weighted by atomic mass is 19.1. The molecule has 4 rings (SSSR count). The van der Waals surface area contributed by atoms with Gasteiger partial charge in [0.05, 0.1) is 43.7 Å². The van der Waals surface area contributed by atoms with E-state index in [1.165, 1.54) is 6.92 Å². The third-order valence-electron chi connectivity index (χ3n) is 5.13. The first-order valence-electron chi connectivity index (χ1n) is 10.1. The highest BCUT2D eigenvalue weighted by Gasteiger charge is 2.33. The number of benzene rings is 2. The van der Waals surface area contributed by atoms with Crippen molar-refractivity contribution in [2.75, 3.05) is 18.0 Å². The van der Waals surface area contributed by atoms with Crippen LogP contribution in [0.4, 0.5) is 19.3 Å². The van der Waals surface area contributed by atoms with E-state index in [4.69, 9.17) is 9.84 Å². The van der Waals surface area contributed by atoms with E-state index >= 15 is 0 Å². The Morgan fingerprint density at radius 2 is 1.94 bits per heavy atom. The number of aliphatic hydroxyl groups is 1. The van der Waals surface area contributed by atoms with Gasteiger partial charge in [-0.25, -0.2) is 18.3 Å². The molecule has 2 heterocycles. The van der Waals surface area contributed by atoms with Gasteiger partial charge in [0.2, 0.25) is 5.91 Å². The summed E-state index contributed by atoms with van der Waals surface area (Å²) in [5, 5.41) is 19.3. The van der Waals surface area contributed by atoms with E-state index in [0.717, 1.165) is 22.6 Å². The van der Waals surface area contributed by atoms with Crippen LogP contribution in [-0.4, -0.2) is 51.3 Å². The second-order valence-electron chi connectivity index (χ2n) is 7.60. The van der Waals surface area contributed by atoms with Crippen molar-refractivity contribution in [2.45, 2.75) is 26.2 Å². The van der Waals surface area contributed by atoms with Crippen molar-refractivity contribution in [3.05, 3.63) is 65.5 Å². The lowest BCUT2D eigenvalue weighted by Crippen LogP contribution is -2.33. The predicted molar refractivity (Wildman–Crippen MR) is 113 cm³/mol. The fourth-order valence-electron chi connectivity index (χ4n) is 3.54. The number of cyclic esters (lactones) is 1. The van der Waals surface area contributed by atoms with Gasteiger partial charge in [0.25, 0.3) is 0 Å². The zero-order valence-electron chi connectivity index (χ0n) is 17.7. The van der Waals surface area contributed by atoms with Crippen molar-refractivity contribution in [3.8, 4) is 11.1 Å². The summed E-state index contributed by atoms with van der Waals surface area (Å²) in [5.41, 5.74) is 1.43. The Bertz CT molecular complexity index is 1160. The molecule has 0 unspecified atom stereocenters. The number of nitrogens with zero attached hydrogens (tertiary/aromatic N) is 4. The standard InChI is InChI=1S/C22H21F2N5O4/c1-13(31)25-8-18-11-29(22(32)33-18)17-6-19(23)21(20(24)7-17)15-4-2-14(3-5-15)9-28-10-16(12-30)26-27-28/h2-7,10,18,30H,8-9,11-12H2,1H3,(H,25,31)/t18-/m0/s1. The molecule has 1 fully saturated rings. The predicted octanol–water partition coefficient (Wildman–Crippen LogP) is 2.23. The number of anilines is 1. The first-order chi connectivity index (χ1) is 15.8. The van der Waals surface area contributed by atoms with E-state index in [-0.39, 0.29) is 36.9 Å². The van der Waals surface area contributed by atoms with Crippen molar-refractivity contribution in [1.82, 2.24) is 20.3 Å². The second-order valence-corrected chi connectivity index (χ2v) is 7.60. The van der Waals surface area contributed by atoms with Crippen molar-refractivity contribution in [3.63, 3.8) is 0 Å². The molecule has 0 spiro atoms. The van der Waals surface area contributed by atoms with Gasteiger partial charge in [0, 0.05) is 6.92 Å². The molecule has 1 aromatic heterocycles. The van der Waals surface area contributed by atoms with Crippen LogP contribution in [0.2, 0.25) is 0 Å². The number of carbonyl (C=O) groups excluding carboxylic acids is 2. The number of hydrogen-bond donors (Lipinski definition) is 2. The quantitative estimate of drug-likeness (QED) is 0.563. The van der Waals surface area contributed by atoms with Gasteiger partial charge < -0.3 is 15.2 Å². The molecule has 1 atom stereocenters. The third-order valence-corrected chi connectivity index (χ3v) is 5.13. The van der Waals surface area contributed by atoms with Crippen LogP contribution < -0.4 is 10.2 Å². The van der Waals surface area contributed by atoms with Crippen LogP contribution in [0.1, 0.15) is 18.2 Å². The molecule has 33 heavy (non-hydrogen) atoms. The van der Waals surface area contributed by atoms with Crippen molar-refractivity contribution < 1.29 is 28.2 Å². The fraction of sp³-hybridized carbons (Fsp3) is 0.273. The number of carbonyl (C=O) groups is 2. The lowest BCUT2D eigenvalue weighted by atomic mass is 10.0. The molecule has 0 bridgehead atoms. The Morgan fingerprint density at radius 3 is 2.55 bits per heavy atom. The van der Waals surface area contributed by atoms with Gasteiger partial charge in [0.1, 0.15) is 23.4 Å². The summed E-state index contributed by atoms with van der Waals surface area (Å²) in [7, 11) is 0. The van der Waals surface area contributed by atoms with Crippen molar-refractivity contribution >= 4 is 17.7 Å². The molecule has 1 saturated heterocycles. The summed E-state index contributed by atoms with van der Waals surface area (Å²) >= 11 is 0. The fourth-order valence-corrected chi connectivity index (χ4v) is 3.54. The van der Waals surface area contributed by atoms with Crippen LogP contribution in [0.5, 0.6) is 0 Å². The molecule has 1 aliphatic rings. The monoisotopic (exact) mass is 457 g/mol. The highest BCUT2D eigenvalue weighted by Crippen LogP contribution is 2.32. The lowest BCUT2D eigenvalue weighted by Gasteiger charge is -2.15. The molecular formula is C22H21F2N5O4. The van der Waals surface area contributed by atoms with E-state index in [2.05, 4.69) is 15.6 Å². The number of hydrogen-bond acceptors (Lipinski definition) is 6. The first kappa shape index (κ1) is 22.3. The Hall–Kier alpha value is -3.86. The average Bonchev–Trinajstić information content (AvgIpc) is 3.39. The summed E-state index contributed by atoms with van der Waals surface area (Å²) in [6, 6.07) is 8.78. The molecule has 11 heteroatoms. The number of aromatic nitrogens is 3. The number of aliphatic hydroxyl groups excluding tert-OH is 1. The minimum atomic E-state index is -0.820. The van der Waals surface area contributed by atoms with Crippen LogP contribution in [0.3, 0.4) is 0 Å². The molecule has 172 valence electrons. The van der Waals surface area contributed by atoms with Crippen molar-refractivity contribution in [2.24, 2.45) is 0 Å². The normalized spacial score (nSPS) is 15.6. The van der Waals surface area contributed by atoms with Gasteiger partial charge in [-0.05, 0) is 23.3 Å². The number of halogens is 2. The van der Waals surface area contributed by atoms with Gasteiger partial charge in [-0.3, -0.25) is 9.69 Å². The van der Waals surface area contributed by atoms with Gasteiger partial charge >= 0.3 is 6.09 Å². The van der Waals surface area contributed by atoms with Gasteiger partial charge in [0.15, 0.2) is 0 Å². The van der Waals surface area contributed by atoms with Gasteiger partial charge in [-0.2, -0.15) is 0 Å². The first-order valence-corrected chi connectivity index (χ1v) is 10.1. The minimum absolute atomic E-state index is 0.0339. The number of nitrogens with one attached hydrogen (secondary N) is 1. The molecule has 1 aliphatic heterocycles. The minimum Gasteiger partial charge on any atom is -0.442 e. The van der Waals surface area contributed by atoms with Gasteiger partial charge in [-0.15, -0.1) is 5.10 Å². The van der Waals surface area contributed by atoms with Crippen molar-refractivity contribution in [1.29, 1.82) is 0 Å². The molecule has 2 aromatic carbocycles. The lowest BCUT2D eigenvalue weighted by molar-refractivity contribution is -0.119. The number of ether oxygens (including phenoxy) is 1. The maximum Gasteiger partial charge on any atom is 0.414 e. The Labute approximate surface area is 187 Å². The number of rotatable bonds is 7. The summed E-state index contributed by atoms with van der Waals surface area (Å²) in [6.07, 6.45) is 0.257. The number of amides is 2. The molecule has 2 amide bonds. The van der Waals surface area contributed by atoms with Gasteiger partial charge in [-0.1, -0.05) is 29.5 Å². The van der Waals surface area contributed by atoms with Crippen LogP contribution in [0.15, 0.2) is 42.6 Å². The summed E-state index contributed by atoms with van der Waals surface area (Å²) in [6.45, 7) is 1.69. The van der Waals surface area contributed by atoms with Crippen LogP contribution in [-0.2, 0) is 22.7 Å². The molecular weight excluding hydrogens is 436 g/mol. The maximum atomic E-state index is 14.9. The molecule has 0 saturated carbocycles. The maximum absolute atomic E-state index is 14.9. The van der Waals surface area contributed by atoms with Crippen LogP contribution in [0, 0.1) is 11.6 Å². The molecule has 2 N–H and O–H groups in total. The van der Waals surface area contributed by atoms with Crippen LogP contribution >= 0.6 is 0 Å². The highest BCUT2D eigenvalue weighted by molar-refractivity contribution is 5.90. The zero-order chi connectivity index (χ0) is 23.5. The summed E-state index contributed by atoms with van der Waals surface area (Å²) in [5.74, 6) is -1.91. The zero-order valence-corrected chi connectivity index (χ0v) is 17.7. The Balaban J connectivity index is 1.50. The summed E-state index contributed by atoms with van der Waals surface area (Å²) in [4.78, 5) is 24.3. The molecule has 0 radical (unpaired) electrons. The van der Waals surface area contributed by atoms with E-state index in [1.54, 1.807) is 35.1 Å². The SMILES string of the molecule is CC(=O)NC[C@H]1CN(c2cc(F)c(-c3ccc(Cn4cc(CO)nn4)cc3)c(F)c2)C(=O)O1. The van der Waals surface area contributed by atoms with E-state index in [9.17, 15) is 18.4 Å². The smallest absolute Gasteiger partial charge is 0.414 e. The Kier molecular flexibility index (Phi) is 6.31. The largest absolute Gasteiger partial charge is 0.442 e. The van der Waals surface area contributed by atoms with E-state index in [1.807, 2.05) is 0 Å². The summed E-state index contributed by atoms with van der Waals surface area (Å²) < 4.78 is 36.5. The molecule has 9 nitrogen and oxygen atoms in total. The van der Waals surface area contributed by atoms with Crippen LogP contribution in [0.25, 0.3) is 11.1 Å². The van der Waals surface area contributed by atoms with E-state index < -0.39 is 23.8 Å². The average molecular weight is 457 g/mol. The third kappa shape index (κ3) is 4.98. The molecule has 3 aromatic rings. The second kappa shape index (κ2) is 9.33.